The van der Waals surface area contributed by atoms with Crippen molar-refractivity contribution in [1.29, 1.82) is 0 Å². The summed E-state index contributed by atoms with van der Waals surface area (Å²) in [5, 5.41) is 10.5. The first kappa shape index (κ1) is 19.8. The van der Waals surface area contributed by atoms with Gasteiger partial charge in [-0.2, -0.15) is 0 Å². The molecule has 0 saturated carbocycles. The molecule has 0 amide bonds. The van der Waals surface area contributed by atoms with Gasteiger partial charge in [-0.3, -0.25) is 4.90 Å². The SMILES string of the molecule is COc1ccc(COC[C@@H](O)CN2CCN(C)C[C@@H]2c2ccccc2)cc1. The van der Waals surface area contributed by atoms with Crippen LogP contribution in [0.4, 0.5) is 0 Å². The predicted molar refractivity (Wildman–Crippen MR) is 107 cm³/mol. The molecule has 1 aliphatic heterocycles. The molecular formula is C22H30N2O3. The van der Waals surface area contributed by atoms with Crippen molar-refractivity contribution in [3.8, 4) is 5.75 Å². The molecule has 1 N–H and O–H groups in total. The number of rotatable bonds is 8. The maximum absolute atomic E-state index is 10.5. The van der Waals surface area contributed by atoms with Gasteiger partial charge in [0.25, 0.3) is 0 Å². The van der Waals surface area contributed by atoms with Crippen LogP contribution < -0.4 is 4.74 Å². The molecule has 3 rings (SSSR count). The zero-order valence-corrected chi connectivity index (χ0v) is 16.3. The number of aliphatic hydroxyl groups excluding tert-OH is 1. The molecule has 1 heterocycles. The Morgan fingerprint density at radius 3 is 2.52 bits per heavy atom. The average Bonchev–Trinajstić information content (AvgIpc) is 2.70. The van der Waals surface area contributed by atoms with Gasteiger partial charge in [-0.1, -0.05) is 42.5 Å². The number of hydrogen-bond donors (Lipinski definition) is 1. The third-order valence-electron chi connectivity index (χ3n) is 5.06. The Bertz CT molecular complexity index is 678. The van der Waals surface area contributed by atoms with Crippen LogP contribution in [-0.2, 0) is 11.3 Å². The molecule has 0 unspecified atom stereocenters. The van der Waals surface area contributed by atoms with Crippen LogP contribution in [0.25, 0.3) is 0 Å². The maximum atomic E-state index is 10.5. The summed E-state index contributed by atoms with van der Waals surface area (Å²) < 4.78 is 10.9. The van der Waals surface area contributed by atoms with E-state index in [1.807, 2.05) is 30.3 Å². The lowest BCUT2D eigenvalue weighted by molar-refractivity contribution is -0.0116. The molecule has 0 aliphatic carbocycles. The third kappa shape index (κ3) is 5.78. The molecule has 5 heteroatoms. The molecule has 0 aromatic heterocycles. The highest BCUT2D eigenvalue weighted by atomic mass is 16.5. The summed E-state index contributed by atoms with van der Waals surface area (Å²) in [6.07, 6.45) is -0.502. The Kier molecular flexibility index (Phi) is 7.24. The van der Waals surface area contributed by atoms with Gasteiger partial charge in [0.1, 0.15) is 5.75 Å². The van der Waals surface area contributed by atoms with E-state index in [9.17, 15) is 5.11 Å². The largest absolute Gasteiger partial charge is 0.497 e. The van der Waals surface area contributed by atoms with E-state index in [-0.39, 0.29) is 0 Å². The second kappa shape index (κ2) is 9.85. The van der Waals surface area contributed by atoms with Crippen LogP contribution in [0.5, 0.6) is 5.75 Å². The third-order valence-corrected chi connectivity index (χ3v) is 5.06. The molecule has 2 aromatic carbocycles. The zero-order chi connectivity index (χ0) is 19.1. The van der Waals surface area contributed by atoms with E-state index in [0.717, 1.165) is 30.9 Å². The summed E-state index contributed by atoms with van der Waals surface area (Å²) in [7, 11) is 3.81. The van der Waals surface area contributed by atoms with E-state index in [1.165, 1.54) is 5.56 Å². The number of nitrogens with zero attached hydrogens (tertiary/aromatic N) is 2. The van der Waals surface area contributed by atoms with Gasteiger partial charge >= 0.3 is 0 Å². The number of aliphatic hydroxyl groups is 1. The molecule has 146 valence electrons. The van der Waals surface area contributed by atoms with Gasteiger partial charge in [0.05, 0.1) is 26.4 Å². The van der Waals surface area contributed by atoms with Crippen molar-refractivity contribution in [3.05, 3.63) is 65.7 Å². The van der Waals surface area contributed by atoms with Gasteiger partial charge in [-0.25, -0.2) is 0 Å². The Balaban J connectivity index is 1.50. The predicted octanol–water partition coefficient (Wildman–Crippen LogP) is 2.56. The Labute approximate surface area is 162 Å². The summed E-state index contributed by atoms with van der Waals surface area (Å²) >= 11 is 0. The Hall–Kier alpha value is -1.92. The molecule has 0 radical (unpaired) electrons. The van der Waals surface area contributed by atoms with Crippen molar-refractivity contribution < 1.29 is 14.6 Å². The summed E-state index contributed by atoms with van der Waals surface area (Å²) in [5.74, 6) is 0.834. The zero-order valence-electron chi connectivity index (χ0n) is 16.3. The molecule has 2 atom stereocenters. The van der Waals surface area contributed by atoms with Crippen molar-refractivity contribution in [1.82, 2.24) is 9.80 Å². The first-order valence-electron chi connectivity index (χ1n) is 9.52. The topological polar surface area (TPSA) is 45.2 Å². The van der Waals surface area contributed by atoms with E-state index in [1.54, 1.807) is 7.11 Å². The van der Waals surface area contributed by atoms with Crippen LogP contribution in [0, 0.1) is 0 Å². The number of methoxy groups -OCH3 is 1. The molecule has 2 aromatic rings. The average molecular weight is 370 g/mol. The molecule has 1 aliphatic rings. The molecule has 0 bridgehead atoms. The highest BCUT2D eigenvalue weighted by Crippen LogP contribution is 2.25. The standard InChI is InChI=1S/C22H30N2O3/c1-23-12-13-24(22(15-23)19-6-4-3-5-7-19)14-20(25)17-27-16-18-8-10-21(26-2)11-9-18/h3-11,20,22,25H,12-17H2,1-2H3/t20-,22+/m0/s1. The fourth-order valence-corrected chi connectivity index (χ4v) is 3.52. The summed E-state index contributed by atoms with van der Waals surface area (Å²) in [6, 6.07) is 18.7. The van der Waals surface area contributed by atoms with Crippen molar-refractivity contribution in [3.63, 3.8) is 0 Å². The second-order valence-corrected chi connectivity index (χ2v) is 7.20. The first-order valence-corrected chi connectivity index (χ1v) is 9.52. The van der Waals surface area contributed by atoms with Crippen LogP contribution in [-0.4, -0.2) is 68.0 Å². The number of β-amino-alcohol motifs (C(OH)–C–C–N with tert-alkyl or cyclic N) is 1. The number of ether oxygens (including phenoxy) is 2. The normalized spacial score (nSPS) is 19.7. The minimum absolute atomic E-state index is 0.307. The van der Waals surface area contributed by atoms with Crippen molar-refractivity contribution in [2.75, 3.05) is 46.9 Å². The summed E-state index contributed by atoms with van der Waals surface area (Å²) in [5.41, 5.74) is 2.38. The van der Waals surface area contributed by atoms with Crippen LogP contribution in [0.15, 0.2) is 54.6 Å². The highest BCUT2D eigenvalue weighted by Gasteiger charge is 2.27. The monoisotopic (exact) mass is 370 g/mol. The number of likely N-dealkylation sites (N-methyl/N-ethyl adjacent to an activating group) is 1. The van der Waals surface area contributed by atoms with E-state index >= 15 is 0 Å². The van der Waals surface area contributed by atoms with Crippen LogP contribution in [0.3, 0.4) is 0 Å². The fraction of sp³-hybridized carbons (Fsp3) is 0.455. The Morgan fingerprint density at radius 1 is 1.07 bits per heavy atom. The highest BCUT2D eigenvalue weighted by molar-refractivity contribution is 5.26. The number of hydrogen-bond acceptors (Lipinski definition) is 5. The van der Waals surface area contributed by atoms with Gasteiger partial charge in [0.2, 0.25) is 0 Å². The number of piperazine rings is 1. The van der Waals surface area contributed by atoms with Gasteiger partial charge in [-0.05, 0) is 30.3 Å². The van der Waals surface area contributed by atoms with Crippen LogP contribution in [0.1, 0.15) is 17.2 Å². The Morgan fingerprint density at radius 2 is 1.81 bits per heavy atom. The van der Waals surface area contributed by atoms with E-state index in [2.05, 4.69) is 41.1 Å². The molecule has 1 saturated heterocycles. The molecular weight excluding hydrogens is 340 g/mol. The lowest BCUT2D eigenvalue weighted by Gasteiger charge is -2.41. The molecule has 5 nitrogen and oxygen atoms in total. The minimum Gasteiger partial charge on any atom is -0.497 e. The summed E-state index contributed by atoms with van der Waals surface area (Å²) in [4.78, 5) is 4.72. The maximum Gasteiger partial charge on any atom is 0.118 e. The van der Waals surface area contributed by atoms with Crippen LogP contribution >= 0.6 is 0 Å². The van der Waals surface area contributed by atoms with E-state index in [0.29, 0.717) is 25.8 Å². The molecule has 1 fully saturated rings. The van der Waals surface area contributed by atoms with Crippen molar-refractivity contribution in [2.45, 2.75) is 18.8 Å². The fourth-order valence-electron chi connectivity index (χ4n) is 3.52. The van der Waals surface area contributed by atoms with Crippen molar-refractivity contribution >= 4 is 0 Å². The smallest absolute Gasteiger partial charge is 0.118 e. The lowest BCUT2D eigenvalue weighted by Crippen LogP contribution is -2.49. The quantitative estimate of drug-likeness (QED) is 0.774. The second-order valence-electron chi connectivity index (χ2n) is 7.20. The summed E-state index contributed by atoms with van der Waals surface area (Å²) in [6.45, 7) is 4.39. The minimum atomic E-state index is -0.502. The molecule has 0 spiro atoms. The van der Waals surface area contributed by atoms with Gasteiger partial charge in [-0.15, -0.1) is 0 Å². The van der Waals surface area contributed by atoms with Gasteiger partial charge < -0.3 is 19.5 Å². The molecule has 27 heavy (non-hydrogen) atoms. The van der Waals surface area contributed by atoms with Gasteiger partial charge in [0.15, 0.2) is 0 Å². The van der Waals surface area contributed by atoms with E-state index in [4.69, 9.17) is 9.47 Å². The van der Waals surface area contributed by atoms with Crippen LogP contribution in [0.2, 0.25) is 0 Å². The first-order chi connectivity index (χ1) is 13.2. The lowest BCUT2D eigenvalue weighted by atomic mass is 10.0. The number of benzene rings is 2. The van der Waals surface area contributed by atoms with Crippen molar-refractivity contribution in [2.24, 2.45) is 0 Å². The van der Waals surface area contributed by atoms with Gasteiger partial charge in [0, 0.05) is 32.2 Å². The van der Waals surface area contributed by atoms with E-state index < -0.39 is 6.10 Å².